The molecule has 0 bridgehead atoms. The first-order valence-electron chi connectivity index (χ1n) is 5.34. The summed E-state index contributed by atoms with van der Waals surface area (Å²) in [7, 11) is 0. The number of rotatable bonds is 4. The first kappa shape index (κ1) is 15.7. The van der Waals surface area contributed by atoms with Crippen molar-refractivity contribution in [3.05, 3.63) is 29.3 Å². The van der Waals surface area contributed by atoms with Crippen LogP contribution in [0.4, 0.5) is 5.69 Å². The van der Waals surface area contributed by atoms with Gasteiger partial charge in [-0.15, -0.1) is 12.4 Å². The molecular formula is C12H19ClN2O2. The molecule has 0 saturated heterocycles. The van der Waals surface area contributed by atoms with Crippen LogP contribution < -0.4 is 11.3 Å². The molecule has 0 aromatic heterocycles. The smallest absolute Gasteiger partial charge is 0.313 e. The number of benzene rings is 1. The summed E-state index contributed by atoms with van der Waals surface area (Å²) < 4.78 is 5.00. The monoisotopic (exact) mass is 258 g/mol. The number of halogens is 1. The zero-order valence-corrected chi connectivity index (χ0v) is 11.1. The van der Waals surface area contributed by atoms with Gasteiger partial charge in [0, 0.05) is 0 Å². The molecule has 5 heteroatoms. The molecule has 0 radical (unpaired) electrons. The normalized spacial score (nSPS) is 11.3. The summed E-state index contributed by atoms with van der Waals surface area (Å²) in [5.74, 6) is 4.91. The van der Waals surface area contributed by atoms with Gasteiger partial charge in [0.05, 0.1) is 18.2 Å². The Kier molecular flexibility index (Phi) is 6.61. The summed E-state index contributed by atoms with van der Waals surface area (Å²) in [6.07, 6.45) is 0. The maximum absolute atomic E-state index is 11.6. The molecular weight excluding hydrogens is 240 g/mol. The number of nitrogen functional groups attached to an aromatic ring is 1. The Hall–Kier alpha value is -1.26. The number of hydrazine groups is 1. The van der Waals surface area contributed by atoms with Crippen molar-refractivity contribution in [3.8, 4) is 0 Å². The summed E-state index contributed by atoms with van der Waals surface area (Å²) in [6, 6.07) is 5.65. The van der Waals surface area contributed by atoms with Crippen LogP contribution in [0.2, 0.25) is 0 Å². The molecule has 0 heterocycles. The number of hydrogen-bond acceptors (Lipinski definition) is 4. The summed E-state index contributed by atoms with van der Waals surface area (Å²) in [6.45, 7) is 5.97. The van der Waals surface area contributed by atoms with E-state index in [-0.39, 0.29) is 24.3 Å². The van der Waals surface area contributed by atoms with Crippen molar-refractivity contribution < 1.29 is 9.53 Å². The third kappa shape index (κ3) is 3.61. The fraction of sp³-hybridized carbons (Fsp3) is 0.417. The molecule has 96 valence electrons. The SMILES string of the molecule is CCOC(=O)C(C)c1cccc(NN)c1C.Cl. The molecule has 1 aromatic rings. The van der Waals surface area contributed by atoms with E-state index in [2.05, 4.69) is 5.43 Å². The van der Waals surface area contributed by atoms with Crippen LogP contribution in [0.3, 0.4) is 0 Å². The summed E-state index contributed by atoms with van der Waals surface area (Å²) in [4.78, 5) is 11.6. The lowest BCUT2D eigenvalue weighted by Crippen LogP contribution is -2.15. The second-order valence-electron chi connectivity index (χ2n) is 3.64. The van der Waals surface area contributed by atoms with Crippen LogP contribution in [0.15, 0.2) is 18.2 Å². The van der Waals surface area contributed by atoms with E-state index >= 15 is 0 Å². The number of esters is 1. The fourth-order valence-corrected chi connectivity index (χ4v) is 1.67. The van der Waals surface area contributed by atoms with Crippen molar-refractivity contribution in [1.82, 2.24) is 0 Å². The van der Waals surface area contributed by atoms with Gasteiger partial charge in [-0.05, 0) is 38.0 Å². The van der Waals surface area contributed by atoms with Crippen LogP contribution in [0.1, 0.15) is 30.9 Å². The van der Waals surface area contributed by atoms with Crippen molar-refractivity contribution in [3.63, 3.8) is 0 Å². The minimum Gasteiger partial charge on any atom is -0.466 e. The second-order valence-corrected chi connectivity index (χ2v) is 3.64. The largest absolute Gasteiger partial charge is 0.466 e. The molecule has 0 aliphatic heterocycles. The van der Waals surface area contributed by atoms with Crippen molar-refractivity contribution in [2.45, 2.75) is 26.7 Å². The average Bonchev–Trinajstić information content (AvgIpc) is 2.29. The number of anilines is 1. The molecule has 1 rings (SSSR count). The minimum absolute atomic E-state index is 0. The van der Waals surface area contributed by atoms with Gasteiger partial charge in [-0.2, -0.15) is 0 Å². The van der Waals surface area contributed by atoms with Crippen LogP contribution in [0.25, 0.3) is 0 Å². The number of carbonyl (C=O) groups excluding carboxylic acids is 1. The zero-order valence-electron chi connectivity index (χ0n) is 10.3. The van der Waals surface area contributed by atoms with Gasteiger partial charge < -0.3 is 10.2 Å². The first-order chi connectivity index (χ1) is 7.61. The molecule has 0 amide bonds. The molecule has 0 aliphatic rings. The molecule has 0 saturated carbocycles. The Labute approximate surface area is 108 Å². The molecule has 1 aromatic carbocycles. The van der Waals surface area contributed by atoms with Gasteiger partial charge in [-0.3, -0.25) is 10.6 Å². The van der Waals surface area contributed by atoms with E-state index in [0.29, 0.717) is 6.61 Å². The topological polar surface area (TPSA) is 64.3 Å². The van der Waals surface area contributed by atoms with E-state index in [1.807, 2.05) is 32.0 Å². The Morgan fingerprint density at radius 3 is 2.71 bits per heavy atom. The van der Waals surface area contributed by atoms with Gasteiger partial charge in [0.15, 0.2) is 0 Å². The Balaban J connectivity index is 0.00000256. The van der Waals surface area contributed by atoms with Crippen LogP contribution >= 0.6 is 12.4 Å². The predicted molar refractivity (Wildman–Crippen MR) is 71.3 cm³/mol. The highest BCUT2D eigenvalue weighted by atomic mass is 35.5. The molecule has 1 unspecified atom stereocenters. The molecule has 0 spiro atoms. The third-order valence-electron chi connectivity index (χ3n) is 2.64. The second kappa shape index (κ2) is 7.14. The van der Waals surface area contributed by atoms with E-state index in [9.17, 15) is 4.79 Å². The van der Waals surface area contributed by atoms with Gasteiger partial charge in [0.25, 0.3) is 0 Å². The molecule has 0 aliphatic carbocycles. The maximum Gasteiger partial charge on any atom is 0.313 e. The number of nitrogens with two attached hydrogens (primary N) is 1. The van der Waals surface area contributed by atoms with Crippen LogP contribution in [0.5, 0.6) is 0 Å². The third-order valence-corrected chi connectivity index (χ3v) is 2.64. The predicted octanol–water partition coefficient (Wildman–Crippen LogP) is 2.37. The van der Waals surface area contributed by atoms with E-state index < -0.39 is 0 Å². The van der Waals surface area contributed by atoms with Gasteiger partial charge in [0.2, 0.25) is 0 Å². The van der Waals surface area contributed by atoms with Crippen molar-refractivity contribution in [2.24, 2.45) is 5.84 Å². The lowest BCUT2D eigenvalue weighted by Gasteiger charge is -2.15. The average molecular weight is 259 g/mol. The van der Waals surface area contributed by atoms with Gasteiger partial charge in [-0.25, -0.2) is 0 Å². The lowest BCUT2D eigenvalue weighted by molar-refractivity contribution is -0.144. The standard InChI is InChI=1S/C12H18N2O2.ClH/c1-4-16-12(15)9(3)10-6-5-7-11(14-13)8(10)2;/h5-7,9,14H,4,13H2,1-3H3;1H. The van der Waals surface area contributed by atoms with E-state index in [1.165, 1.54) is 0 Å². The number of nitrogens with one attached hydrogen (secondary N) is 1. The summed E-state index contributed by atoms with van der Waals surface area (Å²) >= 11 is 0. The van der Waals surface area contributed by atoms with Crippen LogP contribution in [0, 0.1) is 6.92 Å². The highest BCUT2D eigenvalue weighted by molar-refractivity contribution is 5.85. The Bertz CT molecular complexity index is 383. The Morgan fingerprint density at radius 2 is 2.18 bits per heavy atom. The van der Waals surface area contributed by atoms with Crippen molar-refractivity contribution in [1.29, 1.82) is 0 Å². The van der Waals surface area contributed by atoms with Crippen molar-refractivity contribution >= 4 is 24.1 Å². The maximum atomic E-state index is 11.6. The molecule has 17 heavy (non-hydrogen) atoms. The minimum atomic E-state index is -0.270. The highest BCUT2D eigenvalue weighted by Gasteiger charge is 2.19. The number of hydrogen-bond donors (Lipinski definition) is 2. The van der Waals surface area contributed by atoms with Crippen LogP contribution in [-0.4, -0.2) is 12.6 Å². The molecule has 4 nitrogen and oxygen atoms in total. The van der Waals surface area contributed by atoms with Crippen molar-refractivity contribution in [2.75, 3.05) is 12.0 Å². The molecule has 0 fully saturated rings. The lowest BCUT2D eigenvalue weighted by atomic mass is 9.95. The quantitative estimate of drug-likeness (QED) is 0.494. The fourth-order valence-electron chi connectivity index (χ4n) is 1.67. The van der Waals surface area contributed by atoms with Gasteiger partial charge >= 0.3 is 5.97 Å². The molecule has 3 N–H and O–H groups in total. The highest BCUT2D eigenvalue weighted by Crippen LogP contribution is 2.25. The van der Waals surface area contributed by atoms with E-state index in [1.54, 1.807) is 6.92 Å². The Morgan fingerprint density at radius 1 is 1.53 bits per heavy atom. The van der Waals surface area contributed by atoms with E-state index in [4.69, 9.17) is 10.6 Å². The van der Waals surface area contributed by atoms with Crippen LogP contribution in [-0.2, 0) is 9.53 Å². The zero-order chi connectivity index (χ0) is 12.1. The summed E-state index contributed by atoms with van der Waals surface area (Å²) in [5.41, 5.74) is 5.35. The number of carbonyl (C=O) groups is 1. The number of ether oxygens (including phenoxy) is 1. The van der Waals surface area contributed by atoms with Gasteiger partial charge in [-0.1, -0.05) is 12.1 Å². The first-order valence-corrected chi connectivity index (χ1v) is 5.34. The summed E-state index contributed by atoms with van der Waals surface area (Å²) in [5, 5.41) is 0. The van der Waals surface area contributed by atoms with E-state index in [0.717, 1.165) is 16.8 Å². The molecule has 1 atom stereocenters. The van der Waals surface area contributed by atoms with Gasteiger partial charge in [0.1, 0.15) is 0 Å².